The first kappa shape index (κ1) is 27.8. The van der Waals surface area contributed by atoms with E-state index in [-0.39, 0.29) is 12.5 Å². The fourth-order valence-electron chi connectivity index (χ4n) is 3.96. The van der Waals surface area contributed by atoms with Gasteiger partial charge >= 0.3 is 0 Å². The molecular weight excluding hydrogens is 404 g/mol. The summed E-state index contributed by atoms with van der Waals surface area (Å²) in [4.78, 5) is 0. The highest BCUT2D eigenvalue weighted by Crippen LogP contribution is 2.27. The minimum Gasteiger partial charge on any atom is -0.490 e. The highest BCUT2D eigenvalue weighted by atomic mass is 19.2. The number of halogens is 4. The first-order valence-electron chi connectivity index (χ1n) is 12.5. The molecule has 1 atom stereocenters. The van der Waals surface area contributed by atoms with Gasteiger partial charge in [0.2, 0.25) is 11.6 Å². The average Bonchev–Trinajstić information content (AvgIpc) is 2.77. The number of hydrogen-bond donors (Lipinski definition) is 0. The van der Waals surface area contributed by atoms with Gasteiger partial charge < -0.3 is 4.74 Å². The van der Waals surface area contributed by atoms with Crippen LogP contribution in [-0.2, 0) is 0 Å². The van der Waals surface area contributed by atoms with Crippen molar-refractivity contribution in [3.63, 3.8) is 0 Å². The first-order chi connectivity index (χ1) is 15.0. The van der Waals surface area contributed by atoms with Crippen molar-refractivity contribution in [2.45, 2.75) is 117 Å². The quantitative estimate of drug-likeness (QED) is 0.0889. The molecule has 0 aliphatic rings. The minimum absolute atomic E-state index is 0.201. The van der Waals surface area contributed by atoms with Crippen molar-refractivity contribution >= 4 is 0 Å². The molecule has 1 aromatic rings. The molecule has 0 spiro atoms. The molecule has 1 unspecified atom stereocenters. The van der Waals surface area contributed by atoms with E-state index in [0.717, 1.165) is 38.5 Å². The lowest BCUT2D eigenvalue weighted by Gasteiger charge is -2.18. The zero-order valence-corrected chi connectivity index (χ0v) is 19.6. The predicted octanol–water partition coefficient (Wildman–Crippen LogP) is 9.52. The summed E-state index contributed by atoms with van der Waals surface area (Å²) in [6, 6.07) is 0.603. The van der Waals surface area contributed by atoms with Gasteiger partial charge in [0.15, 0.2) is 17.4 Å². The Morgan fingerprint density at radius 2 is 1.06 bits per heavy atom. The number of benzene rings is 1. The van der Waals surface area contributed by atoms with Crippen molar-refractivity contribution in [2.24, 2.45) is 5.92 Å². The Kier molecular flexibility index (Phi) is 15.5. The maximum atomic E-state index is 13.9. The van der Waals surface area contributed by atoms with Gasteiger partial charge in [0.05, 0.1) is 6.61 Å². The van der Waals surface area contributed by atoms with E-state index < -0.39 is 29.0 Å². The summed E-state index contributed by atoms with van der Waals surface area (Å²) in [6.07, 6.45) is 18.9. The number of unbranched alkanes of at least 4 members (excludes halogenated alkanes) is 12. The molecule has 5 heteroatoms. The van der Waals surface area contributed by atoms with Gasteiger partial charge in [-0.1, -0.05) is 104 Å². The van der Waals surface area contributed by atoms with E-state index in [0.29, 0.717) is 6.07 Å². The molecule has 0 bridgehead atoms. The Labute approximate surface area is 187 Å². The largest absolute Gasteiger partial charge is 0.490 e. The molecule has 31 heavy (non-hydrogen) atoms. The number of rotatable bonds is 19. The third-order valence-corrected chi connectivity index (χ3v) is 5.98. The summed E-state index contributed by atoms with van der Waals surface area (Å²) in [5.74, 6) is -6.83. The van der Waals surface area contributed by atoms with Crippen molar-refractivity contribution < 1.29 is 22.3 Å². The third kappa shape index (κ3) is 11.8. The van der Waals surface area contributed by atoms with Gasteiger partial charge in [-0.25, -0.2) is 13.2 Å². The van der Waals surface area contributed by atoms with E-state index in [1.807, 2.05) is 0 Å². The normalized spacial score (nSPS) is 12.3. The van der Waals surface area contributed by atoms with Crippen LogP contribution in [0.25, 0.3) is 0 Å². The lowest BCUT2D eigenvalue weighted by Crippen LogP contribution is -2.14. The van der Waals surface area contributed by atoms with Crippen LogP contribution in [0.4, 0.5) is 17.6 Å². The lowest BCUT2D eigenvalue weighted by atomic mass is 9.94. The molecule has 0 radical (unpaired) electrons. The third-order valence-electron chi connectivity index (χ3n) is 5.98. The molecule has 0 amide bonds. The maximum Gasteiger partial charge on any atom is 0.203 e. The van der Waals surface area contributed by atoms with E-state index in [1.165, 1.54) is 64.2 Å². The van der Waals surface area contributed by atoms with Gasteiger partial charge in [-0.05, 0) is 18.8 Å². The summed E-state index contributed by atoms with van der Waals surface area (Å²) in [5.41, 5.74) is 0. The van der Waals surface area contributed by atoms with Crippen LogP contribution in [0.5, 0.6) is 5.75 Å². The molecule has 0 heterocycles. The van der Waals surface area contributed by atoms with Gasteiger partial charge in [-0.3, -0.25) is 0 Å². The summed E-state index contributed by atoms with van der Waals surface area (Å²) in [5, 5.41) is 0. The Hall–Kier alpha value is -1.26. The van der Waals surface area contributed by atoms with Gasteiger partial charge in [0, 0.05) is 6.07 Å². The van der Waals surface area contributed by atoms with Crippen molar-refractivity contribution in [1.82, 2.24) is 0 Å². The summed E-state index contributed by atoms with van der Waals surface area (Å²) in [7, 11) is 0. The van der Waals surface area contributed by atoms with Crippen molar-refractivity contribution in [3.05, 3.63) is 29.3 Å². The second kappa shape index (κ2) is 17.3. The van der Waals surface area contributed by atoms with Crippen LogP contribution in [0.15, 0.2) is 6.07 Å². The van der Waals surface area contributed by atoms with Crippen LogP contribution in [0, 0.1) is 29.2 Å². The molecule has 0 aliphatic carbocycles. The smallest absolute Gasteiger partial charge is 0.203 e. The van der Waals surface area contributed by atoms with Crippen molar-refractivity contribution in [1.29, 1.82) is 0 Å². The molecule has 180 valence electrons. The molecule has 0 N–H and O–H groups in total. The van der Waals surface area contributed by atoms with Crippen LogP contribution in [0.1, 0.15) is 117 Å². The first-order valence-corrected chi connectivity index (χ1v) is 12.5. The Morgan fingerprint density at radius 3 is 1.55 bits per heavy atom. The fourth-order valence-corrected chi connectivity index (χ4v) is 3.96. The molecule has 0 fully saturated rings. The van der Waals surface area contributed by atoms with Crippen LogP contribution >= 0.6 is 0 Å². The molecule has 1 nitrogen and oxygen atoms in total. The molecular formula is C26H42F4O. The molecule has 1 aromatic carbocycles. The number of ether oxygens (including phenoxy) is 1. The Balaban J connectivity index is 2.46. The monoisotopic (exact) mass is 446 g/mol. The highest BCUT2D eigenvalue weighted by molar-refractivity contribution is 5.27. The average molecular weight is 447 g/mol. The lowest BCUT2D eigenvalue weighted by molar-refractivity contribution is 0.211. The predicted molar refractivity (Wildman–Crippen MR) is 120 cm³/mol. The minimum atomic E-state index is -1.81. The van der Waals surface area contributed by atoms with Crippen LogP contribution < -0.4 is 4.74 Å². The molecule has 0 aliphatic heterocycles. The topological polar surface area (TPSA) is 9.23 Å². The van der Waals surface area contributed by atoms with E-state index in [1.54, 1.807) is 0 Å². The molecule has 0 saturated heterocycles. The van der Waals surface area contributed by atoms with Gasteiger partial charge in [-0.15, -0.1) is 0 Å². The van der Waals surface area contributed by atoms with Gasteiger partial charge in [0.1, 0.15) is 0 Å². The molecule has 0 aromatic heterocycles. The van der Waals surface area contributed by atoms with Crippen LogP contribution in [0.2, 0.25) is 0 Å². The fraction of sp³-hybridized carbons (Fsp3) is 0.769. The zero-order chi connectivity index (χ0) is 22.9. The maximum absolute atomic E-state index is 13.9. The van der Waals surface area contributed by atoms with E-state index >= 15 is 0 Å². The molecule has 0 saturated carbocycles. The van der Waals surface area contributed by atoms with Crippen LogP contribution in [0.3, 0.4) is 0 Å². The standard InChI is InChI=1S/C26H42F4O/c1-3-5-7-9-11-12-14-16-18-21(17-15-13-10-8-6-4-2)20-31-23-19-22(27)24(28)26(30)25(23)29/h19,21H,3-18,20H2,1-2H3. The second-order valence-electron chi connectivity index (χ2n) is 8.80. The van der Waals surface area contributed by atoms with Crippen molar-refractivity contribution in [3.8, 4) is 5.75 Å². The second-order valence-corrected chi connectivity index (χ2v) is 8.80. The summed E-state index contributed by atoms with van der Waals surface area (Å²) in [6.45, 7) is 4.61. The van der Waals surface area contributed by atoms with E-state index in [4.69, 9.17) is 4.74 Å². The van der Waals surface area contributed by atoms with E-state index in [9.17, 15) is 17.6 Å². The van der Waals surface area contributed by atoms with Gasteiger partial charge in [0.25, 0.3) is 0 Å². The Bertz CT molecular complexity index is 591. The Morgan fingerprint density at radius 1 is 0.613 bits per heavy atom. The van der Waals surface area contributed by atoms with Gasteiger partial charge in [-0.2, -0.15) is 4.39 Å². The SMILES string of the molecule is CCCCCCCCCCC(CCCCCCCC)COc1cc(F)c(F)c(F)c1F. The molecule has 1 rings (SSSR count). The number of hydrogen-bond acceptors (Lipinski definition) is 1. The van der Waals surface area contributed by atoms with E-state index in [2.05, 4.69) is 13.8 Å². The summed E-state index contributed by atoms with van der Waals surface area (Å²) >= 11 is 0. The van der Waals surface area contributed by atoms with Crippen LogP contribution in [-0.4, -0.2) is 6.61 Å². The highest BCUT2D eigenvalue weighted by Gasteiger charge is 2.21. The zero-order valence-electron chi connectivity index (χ0n) is 19.6. The van der Waals surface area contributed by atoms with Crippen molar-refractivity contribution in [2.75, 3.05) is 6.61 Å². The summed E-state index contributed by atoms with van der Waals surface area (Å²) < 4.78 is 59.3.